The minimum atomic E-state index is -0.910. The van der Waals surface area contributed by atoms with Gasteiger partial charge in [0.25, 0.3) is 0 Å². The number of carbonyl (C=O) groups excluding carboxylic acids is 2. The van der Waals surface area contributed by atoms with E-state index in [1.807, 2.05) is 0 Å². The Morgan fingerprint density at radius 3 is 2.47 bits per heavy atom. The number of amides is 1. The smallest absolute Gasteiger partial charge is 0.407 e. The molecule has 7 heteroatoms. The lowest BCUT2D eigenvalue weighted by Gasteiger charge is -2.13. The van der Waals surface area contributed by atoms with Crippen molar-refractivity contribution in [2.24, 2.45) is 0 Å². The first-order chi connectivity index (χ1) is 8.82. The Kier molecular flexibility index (Phi) is 8.56. The molecule has 19 heavy (non-hydrogen) atoms. The number of aliphatic hydroxyl groups excluding tert-OH is 2. The summed E-state index contributed by atoms with van der Waals surface area (Å²) in [5, 5.41) is 20.7. The highest BCUT2D eigenvalue weighted by Gasteiger charge is 2.11. The third-order valence-corrected chi connectivity index (χ3v) is 1.97. The van der Waals surface area contributed by atoms with Crippen LogP contribution in [-0.2, 0) is 14.3 Å². The lowest BCUT2D eigenvalue weighted by Crippen LogP contribution is -2.31. The van der Waals surface area contributed by atoms with Crippen LogP contribution in [0.2, 0.25) is 0 Å². The van der Waals surface area contributed by atoms with Crippen molar-refractivity contribution in [3.63, 3.8) is 0 Å². The number of alkyl carbamates (subject to hydrolysis) is 1. The Balaban J connectivity index is 3.60. The van der Waals surface area contributed by atoms with Crippen molar-refractivity contribution in [1.29, 1.82) is 0 Å². The van der Waals surface area contributed by atoms with Gasteiger partial charge in [-0.2, -0.15) is 0 Å². The number of ether oxygens (including phenoxy) is 2. The second-order valence-electron chi connectivity index (χ2n) is 4.18. The third kappa shape index (κ3) is 10.0. The lowest BCUT2D eigenvalue weighted by molar-refractivity contribution is -0.138. The normalized spacial score (nSPS) is 13.3. The summed E-state index contributed by atoms with van der Waals surface area (Å²) in [5.41, 5.74) is 0.281. The highest BCUT2D eigenvalue weighted by atomic mass is 16.6. The first-order valence-corrected chi connectivity index (χ1v) is 5.92. The standard InChI is InChI=1S/C12H21NO6/c1-8(2)11(16)18-5-4-13-12(17)19-7-10(15)6-9(3)14/h9-10,14-15H,1,4-7H2,2-3H3,(H,13,17). The average Bonchev–Trinajstić information content (AvgIpc) is 2.30. The van der Waals surface area contributed by atoms with E-state index in [9.17, 15) is 14.7 Å². The van der Waals surface area contributed by atoms with Gasteiger partial charge in [-0.05, 0) is 13.8 Å². The molecule has 0 rings (SSSR count). The second-order valence-corrected chi connectivity index (χ2v) is 4.18. The Morgan fingerprint density at radius 2 is 1.95 bits per heavy atom. The number of esters is 1. The molecule has 0 aliphatic rings. The van der Waals surface area contributed by atoms with Crippen molar-refractivity contribution in [3.8, 4) is 0 Å². The molecule has 0 saturated heterocycles. The van der Waals surface area contributed by atoms with Gasteiger partial charge in [-0.3, -0.25) is 0 Å². The molecule has 0 heterocycles. The molecule has 0 radical (unpaired) electrons. The van der Waals surface area contributed by atoms with E-state index in [4.69, 9.17) is 9.84 Å². The Bertz CT molecular complexity index is 315. The van der Waals surface area contributed by atoms with Crippen LogP contribution in [0, 0.1) is 0 Å². The molecule has 0 fully saturated rings. The predicted molar refractivity (Wildman–Crippen MR) is 67.4 cm³/mol. The Morgan fingerprint density at radius 1 is 1.32 bits per heavy atom. The highest BCUT2D eigenvalue weighted by Crippen LogP contribution is 1.98. The van der Waals surface area contributed by atoms with Crippen molar-refractivity contribution in [2.45, 2.75) is 32.5 Å². The molecule has 3 N–H and O–H groups in total. The first-order valence-electron chi connectivity index (χ1n) is 5.92. The maximum atomic E-state index is 11.1. The summed E-state index contributed by atoms with van der Waals surface area (Å²) in [4.78, 5) is 22.1. The summed E-state index contributed by atoms with van der Waals surface area (Å²) >= 11 is 0. The molecule has 0 spiro atoms. The minimum Gasteiger partial charge on any atom is -0.460 e. The van der Waals surface area contributed by atoms with Crippen LogP contribution in [0.3, 0.4) is 0 Å². The minimum absolute atomic E-state index is 0.0109. The summed E-state index contributed by atoms with van der Waals surface area (Å²) in [7, 11) is 0. The molecule has 0 aromatic carbocycles. The fourth-order valence-corrected chi connectivity index (χ4v) is 1.10. The van der Waals surface area contributed by atoms with Crippen molar-refractivity contribution >= 4 is 12.1 Å². The van der Waals surface area contributed by atoms with Gasteiger partial charge >= 0.3 is 12.1 Å². The zero-order valence-electron chi connectivity index (χ0n) is 11.2. The number of rotatable bonds is 8. The van der Waals surface area contributed by atoms with E-state index < -0.39 is 24.3 Å². The average molecular weight is 275 g/mol. The van der Waals surface area contributed by atoms with Gasteiger partial charge in [0.2, 0.25) is 0 Å². The van der Waals surface area contributed by atoms with Gasteiger partial charge in [0.15, 0.2) is 0 Å². The van der Waals surface area contributed by atoms with Crippen LogP contribution in [0.15, 0.2) is 12.2 Å². The van der Waals surface area contributed by atoms with Crippen LogP contribution >= 0.6 is 0 Å². The van der Waals surface area contributed by atoms with E-state index >= 15 is 0 Å². The molecule has 0 aromatic rings. The van der Waals surface area contributed by atoms with Crippen molar-refractivity contribution in [1.82, 2.24) is 5.32 Å². The Labute approximate surface area is 112 Å². The summed E-state index contributed by atoms with van der Waals surface area (Å²) in [6.45, 7) is 6.36. The van der Waals surface area contributed by atoms with Gasteiger partial charge in [0.05, 0.1) is 18.8 Å². The fraction of sp³-hybridized carbons (Fsp3) is 0.667. The van der Waals surface area contributed by atoms with Gasteiger partial charge in [0, 0.05) is 12.0 Å². The van der Waals surface area contributed by atoms with Crippen LogP contribution in [0.25, 0.3) is 0 Å². The van der Waals surface area contributed by atoms with Gasteiger partial charge in [-0.15, -0.1) is 0 Å². The van der Waals surface area contributed by atoms with Crippen LogP contribution in [-0.4, -0.2) is 54.2 Å². The monoisotopic (exact) mass is 275 g/mol. The fourth-order valence-electron chi connectivity index (χ4n) is 1.10. The van der Waals surface area contributed by atoms with Crippen molar-refractivity contribution < 1.29 is 29.3 Å². The van der Waals surface area contributed by atoms with Crippen LogP contribution in [0.1, 0.15) is 20.3 Å². The number of nitrogens with one attached hydrogen (secondary N) is 1. The molecule has 0 aliphatic carbocycles. The van der Waals surface area contributed by atoms with E-state index in [1.54, 1.807) is 0 Å². The number of hydrogen-bond donors (Lipinski definition) is 3. The van der Waals surface area contributed by atoms with Crippen molar-refractivity contribution in [2.75, 3.05) is 19.8 Å². The highest BCUT2D eigenvalue weighted by molar-refractivity contribution is 5.86. The maximum Gasteiger partial charge on any atom is 0.407 e. The van der Waals surface area contributed by atoms with E-state index in [-0.39, 0.29) is 31.8 Å². The van der Waals surface area contributed by atoms with Crippen molar-refractivity contribution in [3.05, 3.63) is 12.2 Å². The number of aliphatic hydroxyl groups is 2. The SMILES string of the molecule is C=C(C)C(=O)OCCNC(=O)OCC(O)CC(C)O. The van der Waals surface area contributed by atoms with Gasteiger partial charge in [-0.1, -0.05) is 6.58 Å². The van der Waals surface area contributed by atoms with Crippen LogP contribution in [0.4, 0.5) is 4.79 Å². The van der Waals surface area contributed by atoms with E-state index in [0.717, 1.165) is 0 Å². The predicted octanol–water partition coefficient (Wildman–Crippen LogP) is -0.0363. The molecule has 0 saturated carbocycles. The van der Waals surface area contributed by atoms with Crippen LogP contribution < -0.4 is 5.32 Å². The topological polar surface area (TPSA) is 105 Å². The van der Waals surface area contributed by atoms with Gasteiger partial charge in [-0.25, -0.2) is 9.59 Å². The summed E-state index contributed by atoms with van der Waals surface area (Å²) in [6, 6.07) is 0. The molecular weight excluding hydrogens is 254 g/mol. The molecule has 0 aliphatic heterocycles. The van der Waals surface area contributed by atoms with Gasteiger partial charge < -0.3 is 25.0 Å². The number of hydrogen-bond acceptors (Lipinski definition) is 6. The molecule has 110 valence electrons. The molecule has 0 aromatic heterocycles. The third-order valence-electron chi connectivity index (χ3n) is 1.97. The zero-order valence-corrected chi connectivity index (χ0v) is 11.2. The Hall–Kier alpha value is -1.60. The molecule has 2 atom stereocenters. The van der Waals surface area contributed by atoms with E-state index in [2.05, 4.69) is 16.6 Å². The molecule has 0 bridgehead atoms. The maximum absolute atomic E-state index is 11.1. The molecule has 7 nitrogen and oxygen atoms in total. The summed E-state index contributed by atoms with van der Waals surface area (Å²) in [5.74, 6) is -0.525. The molecular formula is C12H21NO6. The largest absolute Gasteiger partial charge is 0.460 e. The molecule has 1 amide bonds. The molecule has 2 unspecified atom stereocenters. The lowest BCUT2D eigenvalue weighted by atomic mass is 10.2. The van der Waals surface area contributed by atoms with E-state index in [1.165, 1.54) is 13.8 Å². The quantitative estimate of drug-likeness (QED) is 0.326. The van der Waals surface area contributed by atoms with E-state index in [0.29, 0.717) is 0 Å². The van der Waals surface area contributed by atoms with Crippen LogP contribution in [0.5, 0.6) is 0 Å². The summed E-state index contributed by atoms with van der Waals surface area (Å²) in [6.07, 6.45) is -2.17. The summed E-state index contributed by atoms with van der Waals surface area (Å²) < 4.78 is 9.43. The number of carbonyl (C=O) groups is 2. The zero-order chi connectivity index (χ0) is 14.8. The van der Waals surface area contributed by atoms with Gasteiger partial charge in [0.1, 0.15) is 13.2 Å². The first kappa shape index (κ1) is 17.4. The second kappa shape index (κ2) is 9.35.